The molecule has 0 saturated carbocycles. The Morgan fingerprint density at radius 1 is 1.29 bits per heavy atom. The van der Waals surface area contributed by atoms with Crippen molar-refractivity contribution < 1.29 is 18.9 Å². The Kier molecular flexibility index (Phi) is 3.80. The summed E-state index contributed by atoms with van der Waals surface area (Å²) in [7, 11) is 5.62. The lowest BCUT2D eigenvalue weighted by molar-refractivity contribution is -0.862. The van der Waals surface area contributed by atoms with E-state index < -0.39 is 4.92 Å². The highest BCUT2D eigenvalue weighted by molar-refractivity contribution is 5.73. The van der Waals surface area contributed by atoms with Gasteiger partial charge in [0.2, 0.25) is 0 Å². The summed E-state index contributed by atoms with van der Waals surface area (Å²) in [5.74, 6) is -0.0552. The molecule has 0 N–H and O–H groups in total. The largest absolute Gasteiger partial charge is 0.422 e. The van der Waals surface area contributed by atoms with Crippen molar-refractivity contribution in [2.75, 3.05) is 27.7 Å². The fourth-order valence-corrected chi connectivity index (χ4v) is 1.19. The lowest BCUT2D eigenvalue weighted by atomic mass is 10.3. The monoisotopic (exact) mass is 239 g/mol. The van der Waals surface area contributed by atoms with E-state index in [1.165, 1.54) is 24.3 Å². The standard InChI is InChI=1S/C11H15N2O4/c1-13(2,3)8-11(14)17-10-6-4-9(5-7-10)12(15)16/h4-7H,8H2,1-3H3/q+1. The van der Waals surface area contributed by atoms with Crippen LogP contribution in [0.5, 0.6) is 5.75 Å². The van der Waals surface area contributed by atoms with Crippen LogP contribution in [0.25, 0.3) is 0 Å². The Hall–Kier alpha value is -1.95. The maximum atomic E-state index is 11.5. The number of carbonyl (C=O) groups is 1. The number of quaternary nitrogens is 1. The summed E-state index contributed by atoms with van der Waals surface area (Å²) in [6.07, 6.45) is 0. The summed E-state index contributed by atoms with van der Waals surface area (Å²) < 4.78 is 5.51. The van der Waals surface area contributed by atoms with Gasteiger partial charge in [0.15, 0.2) is 6.54 Å². The third-order valence-electron chi connectivity index (χ3n) is 1.88. The molecule has 1 aromatic rings. The van der Waals surface area contributed by atoms with E-state index in [1.807, 2.05) is 21.1 Å². The highest BCUT2D eigenvalue weighted by Gasteiger charge is 2.16. The Morgan fingerprint density at radius 3 is 2.24 bits per heavy atom. The van der Waals surface area contributed by atoms with Crippen LogP contribution in [-0.4, -0.2) is 43.1 Å². The zero-order valence-electron chi connectivity index (χ0n) is 10.0. The summed E-state index contributed by atoms with van der Waals surface area (Å²) in [5, 5.41) is 10.4. The van der Waals surface area contributed by atoms with E-state index in [2.05, 4.69) is 0 Å². The SMILES string of the molecule is C[N+](C)(C)CC(=O)Oc1ccc([N+](=O)[O-])cc1. The van der Waals surface area contributed by atoms with E-state index >= 15 is 0 Å². The Bertz CT molecular complexity index is 420. The molecular formula is C11H15N2O4+. The molecule has 0 aromatic heterocycles. The van der Waals surface area contributed by atoms with Crippen LogP contribution in [0, 0.1) is 10.1 Å². The van der Waals surface area contributed by atoms with Gasteiger partial charge in [-0.25, -0.2) is 4.79 Å². The topological polar surface area (TPSA) is 69.4 Å². The van der Waals surface area contributed by atoms with Crippen LogP contribution in [-0.2, 0) is 4.79 Å². The first-order chi connectivity index (χ1) is 7.78. The highest BCUT2D eigenvalue weighted by Crippen LogP contribution is 2.17. The lowest BCUT2D eigenvalue weighted by Crippen LogP contribution is -2.41. The van der Waals surface area contributed by atoms with Gasteiger partial charge < -0.3 is 9.22 Å². The van der Waals surface area contributed by atoms with Crippen LogP contribution in [0.4, 0.5) is 5.69 Å². The summed E-state index contributed by atoms with van der Waals surface area (Å²) in [6.45, 7) is 0.233. The van der Waals surface area contributed by atoms with Crippen LogP contribution in [0.1, 0.15) is 0 Å². The normalized spacial score (nSPS) is 11.0. The second-order valence-corrected chi connectivity index (χ2v) is 4.67. The van der Waals surface area contributed by atoms with E-state index in [0.29, 0.717) is 10.2 Å². The number of esters is 1. The molecule has 0 aliphatic heterocycles. The van der Waals surface area contributed by atoms with E-state index in [4.69, 9.17) is 4.74 Å². The van der Waals surface area contributed by atoms with E-state index in [9.17, 15) is 14.9 Å². The van der Waals surface area contributed by atoms with Gasteiger partial charge in [0.05, 0.1) is 26.1 Å². The molecule has 0 fully saturated rings. The smallest absolute Gasteiger partial charge is 0.367 e. The number of hydrogen-bond donors (Lipinski definition) is 0. The zero-order valence-corrected chi connectivity index (χ0v) is 10.0. The van der Waals surface area contributed by atoms with Gasteiger partial charge in [-0.05, 0) is 12.1 Å². The first kappa shape index (κ1) is 13.1. The van der Waals surface area contributed by atoms with Crippen molar-refractivity contribution >= 4 is 11.7 Å². The fourth-order valence-electron chi connectivity index (χ4n) is 1.19. The molecule has 0 spiro atoms. The van der Waals surface area contributed by atoms with E-state index in [-0.39, 0.29) is 18.2 Å². The van der Waals surface area contributed by atoms with Crippen molar-refractivity contribution in [3.63, 3.8) is 0 Å². The maximum Gasteiger partial charge on any atom is 0.367 e. The molecule has 0 atom stereocenters. The number of benzene rings is 1. The Labute approximate surface area is 99.2 Å². The van der Waals surface area contributed by atoms with Gasteiger partial charge in [0, 0.05) is 12.1 Å². The molecule has 6 heteroatoms. The summed E-state index contributed by atoms with van der Waals surface area (Å²) in [4.78, 5) is 21.4. The summed E-state index contributed by atoms with van der Waals surface area (Å²) >= 11 is 0. The zero-order chi connectivity index (χ0) is 13.1. The van der Waals surface area contributed by atoms with Crippen LogP contribution < -0.4 is 4.74 Å². The number of non-ortho nitro benzene ring substituents is 1. The predicted octanol–water partition coefficient (Wildman–Crippen LogP) is 1.21. The van der Waals surface area contributed by atoms with Gasteiger partial charge in [0.1, 0.15) is 5.75 Å². The molecule has 92 valence electrons. The number of nitro groups is 1. The van der Waals surface area contributed by atoms with Gasteiger partial charge in [0.25, 0.3) is 5.69 Å². The molecule has 0 radical (unpaired) electrons. The van der Waals surface area contributed by atoms with Crippen molar-refractivity contribution in [3.8, 4) is 5.75 Å². The van der Waals surface area contributed by atoms with Crippen LogP contribution in [0.15, 0.2) is 24.3 Å². The summed E-state index contributed by atoms with van der Waals surface area (Å²) in [5.41, 5.74) is -0.0311. The van der Waals surface area contributed by atoms with Gasteiger partial charge in [-0.1, -0.05) is 0 Å². The molecule has 6 nitrogen and oxygen atoms in total. The van der Waals surface area contributed by atoms with Crippen LogP contribution >= 0.6 is 0 Å². The molecule has 0 amide bonds. The van der Waals surface area contributed by atoms with Gasteiger partial charge in [-0.15, -0.1) is 0 Å². The van der Waals surface area contributed by atoms with E-state index in [1.54, 1.807) is 0 Å². The Morgan fingerprint density at radius 2 is 1.82 bits per heavy atom. The van der Waals surface area contributed by atoms with Gasteiger partial charge in [-0.2, -0.15) is 0 Å². The number of likely N-dealkylation sites (N-methyl/N-ethyl adjacent to an activating group) is 1. The quantitative estimate of drug-likeness (QED) is 0.260. The molecule has 0 bridgehead atoms. The van der Waals surface area contributed by atoms with Crippen molar-refractivity contribution in [2.24, 2.45) is 0 Å². The predicted molar refractivity (Wildman–Crippen MR) is 61.6 cm³/mol. The third kappa shape index (κ3) is 4.60. The molecule has 0 saturated heterocycles. The molecule has 17 heavy (non-hydrogen) atoms. The van der Waals surface area contributed by atoms with Gasteiger partial charge >= 0.3 is 5.97 Å². The van der Waals surface area contributed by atoms with Crippen molar-refractivity contribution in [1.82, 2.24) is 0 Å². The number of nitrogens with zero attached hydrogens (tertiary/aromatic N) is 2. The molecule has 1 rings (SSSR count). The molecule has 0 heterocycles. The average molecular weight is 239 g/mol. The number of ether oxygens (including phenoxy) is 1. The lowest BCUT2D eigenvalue weighted by Gasteiger charge is -2.22. The first-order valence-corrected chi connectivity index (χ1v) is 5.03. The van der Waals surface area contributed by atoms with Crippen LogP contribution in [0.2, 0.25) is 0 Å². The van der Waals surface area contributed by atoms with E-state index in [0.717, 1.165) is 0 Å². The minimum Gasteiger partial charge on any atom is -0.422 e. The van der Waals surface area contributed by atoms with Crippen molar-refractivity contribution in [2.45, 2.75) is 0 Å². The molecule has 0 aliphatic rings. The average Bonchev–Trinajstić information content (AvgIpc) is 2.15. The third-order valence-corrected chi connectivity index (χ3v) is 1.88. The second-order valence-electron chi connectivity index (χ2n) is 4.67. The molecular weight excluding hydrogens is 224 g/mol. The van der Waals surface area contributed by atoms with Crippen molar-refractivity contribution in [3.05, 3.63) is 34.4 Å². The fraction of sp³-hybridized carbons (Fsp3) is 0.364. The molecule has 1 aromatic carbocycles. The minimum atomic E-state index is -0.502. The number of nitro benzene ring substituents is 1. The maximum absolute atomic E-state index is 11.5. The van der Waals surface area contributed by atoms with Crippen LogP contribution in [0.3, 0.4) is 0 Å². The highest BCUT2D eigenvalue weighted by atomic mass is 16.6. The number of carbonyl (C=O) groups excluding carboxylic acids is 1. The number of hydrogen-bond acceptors (Lipinski definition) is 4. The van der Waals surface area contributed by atoms with Crippen molar-refractivity contribution in [1.29, 1.82) is 0 Å². The second kappa shape index (κ2) is 4.92. The molecule has 0 aliphatic carbocycles. The summed E-state index contributed by atoms with van der Waals surface area (Å²) in [6, 6.07) is 5.42. The van der Waals surface area contributed by atoms with Gasteiger partial charge in [-0.3, -0.25) is 10.1 Å². The number of rotatable bonds is 4. The Balaban J connectivity index is 2.64. The first-order valence-electron chi connectivity index (χ1n) is 5.03. The molecule has 0 unspecified atom stereocenters. The minimum absolute atomic E-state index is 0.0311.